The lowest BCUT2D eigenvalue weighted by Gasteiger charge is -2.30. The van der Waals surface area contributed by atoms with E-state index in [9.17, 15) is 120 Å². The average molecular weight is 1660 g/mol. The van der Waals surface area contributed by atoms with Gasteiger partial charge in [-0.05, 0) is 91.8 Å². The van der Waals surface area contributed by atoms with E-state index in [1.165, 1.54) is 32.0 Å². The third kappa shape index (κ3) is 28.6. The molecule has 116 heavy (non-hydrogen) atoms. The number of hydrazone groups is 2. The number of barbiturate groups is 2. The summed E-state index contributed by atoms with van der Waals surface area (Å²) in [5.41, 5.74) is 1.36. The minimum Gasteiger partial charge on any atom is -0.480 e. The van der Waals surface area contributed by atoms with Crippen LogP contribution in [0.2, 0.25) is 0 Å². The smallest absolute Gasteiger partial charge is 0.352 e. The number of likely N-dealkylation sites (N-methyl/N-ethyl adjacent to an activating group) is 1. The highest BCUT2D eigenvalue weighted by Crippen LogP contribution is 2.25. The van der Waals surface area contributed by atoms with Gasteiger partial charge in [0.05, 0.1) is 30.5 Å². The number of imide groups is 6. The van der Waals surface area contributed by atoms with E-state index in [-0.39, 0.29) is 137 Å². The molecule has 0 bridgehead atoms. The van der Waals surface area contributed by atoms with Crippen LogP contribution in [0.5, 0.6) is 0 Å². The first-order valence-electron chi connectivity index (χ1n) is 31.7. The van der Waals surface area contributed by atoms with Crippen LogP contribution in [-0.4, -0.2) is 286 Å². The second kappa shape index (κ2) is 43.5. The lowest BCUT2D eigenvalue weighted by molar-refractivity contribution is -0.151. The predicted octanol–water partition coefficient (Wildman–Crippen LogP) is -3.41. The van der Waals surface area contributed by atoms with Gasteiger partial charge in [-0.2, -0.15) is 15.4 Å². The van der Waals surface area contributed by atoms with Gasteiger partial charge < -0.3 is 61.1 Å². The Bertz CT molecular complexity index is 4650. The normalized spacial score (nSPS) is 16.6. The monoisotopic (exact) mass is 1660 g/mol. The topological polar surface area (TPSA) is 721 Å². The highest BCUT2D eigenvalue weighted by atomic mass is 32.1. The molecule has 8 heterocycles. The third-order valence-corrected chi connectivity index (χ3v) is 14.9. The lowest BCUT2D eigenvalue weighted by Crippen LogP contribution is -2.57. The van der Waals surface area contributed by atoms with E-state index < -0.39 is 152 Å². The lowest BCUT2D eigenvalue weighted by atomic mass is 10.0. The number of nitriles is 1. The maximum absolute atomic E-state index is 11.5. The fraction of sp³-hybridized carbons (Fsp3) is 0.277. The summed E-state index contributed by atoms with van der Waals surface area (Å²) in [5, 5.41) is 94.3. The largest absolute Gasteiger partial charge is 0.480 e. The molecule has 0 unspecified atom stereocenters. The predicted molar refractivity (Wildman–Crippen MR) is 379 cm³/mol. The number of aromatic carboxylic acids is 1. The van der Waals surface area contributed by atoms with Gasteiger partial charge in [0.25, 0.3) is 40.5 Å². The summed E-state index contributed by atoms with van der Waals surface area (Å²) in [5.74, 6) is -17.7. The number of ether oxygens (including phenoxy) is 1. The minimum absolute atomic E-state index is 0.0151. The second-order valence-corrected chi connectivity index (χ2v) is 23.6. The highest BCUT2D eigenvalue weighted by molar-refractivity contribution is 7.80. The van der Waals surface area contributed by atoms with E-state index in [0.29, 0.717) is 37.1 Å². The molecule has 17 amide bonds. The van der Waals surface area contributed by atoms with Crippen molar-refractivity contribution in [3.8, 4) is 6.07 Å². The second-order valence-electron chi connectivity index (χ2n) is 22.9. The Morgan fingerprint density at radius 3 is 1.40 bits per heavy atom. The number of carbonyl (C=O) groups excluding carboxylic acids is 17. The number of rotatable bonds is 15. The number of amides is 17. The van der Waals surface area contributed by atoms with Crippen LogP contribution in [-0.2, 0) is 101 Å². The summed E-state index contributed by atoms with van der Waals surface area (Å²) < 4.78 is 4.62. The molecule has 4 saturated heterocycles. The number of benzene rings is 2. The van der Waals surface area contributed by atoms with E-state index >= 15 is 0 Å². The van der Waals surface area contributed by atoms with Crippen LogP contribution in [0, 0.1) is 17.9 Å². The average Bonchev–Trinajstić information content (AvgIpc) is 1.36. The van der Waals surface area contributed by atoms with Gasteiger partial charge in [-0.25, -0.2) is 24.0 Å². The van der Waals surface area contributed by atoms with E-state index in [2.05, 4.69) is 54.9 Å². The molecular weight excluding hydrogens is 1600 g/mol. The van der Waals surface area contributed by atoms with E-state index in [4.69, 9.17) is 52.7 Å². The van der Waals surface area contributed by atoms with Gasteiger partial charge in [-0.1, -0.05) is 24.8 Å². The number of carboxylic acid groups (broad SMARTS) is 8. The summed E-state index contributed by atoms with van der Waals surface area (Å²) in [6, 6.07) is 12.4. The number of para-hydroxylation sites is 1. The number of fused-ring (bicyclic) bond motifs is 1. The summed E-state index contributed by atoms with van der Waals surface area (Å²) in [7, 11) is 0. The molecule has 11 rings (SSSR count). The molecule has 1 aliphatic carbocycles. The number of nitrogens with zero attached hydrogens (tertiary/aromatic N) is 11. The molecule has 610 valence electrons. The van der Waals surface area contributed by atoms with Crippen LogP contribution in [0.25, 0.3) is 4.85 Å². The Kier molecular flexibility index (Phi) is 35.4. The molecule has 2 aromatic rings. The van der Waals surface area contributed by atoms with Crippen molar-refractivity contribution in [3.05, 3.63) is 98.9 Å². The molecule has 0 spiro atoms. The van der Waals surface area contributed by atoms with Gasteiger partial charge in [-0.15, -0.1) is 5.01 Å². The quantitative estimate of drug-likeness (QED) is 0.0272. The fourth-order valence-electron chi connectivity index (χ4n) is 9.26. The molecule has 8 aliphatic heterocycles. The number of carbonyl (C=O) groups is 25. The summed E-state index contributed by atoms with van der Waals surface area (Å²) in [6.45, 7) is 7.83. The number of Topliss-reactive ketones (excluding diaryl/α,β-unsaturated/α-hetero) is 2. The molecular formula is C65H59N15O34S2. The van der Waals surface area contributed by atoms with Crippen molar-refractivity contribution in [2.75, 3.05) is 50.9 Å². The van der Waals surface area contributed by atoms with Crippen LogP contribution in [0.15, 0.2) is 81.0 Å². The minimum atomic E-state index is -1.43. The number of thiocarbonyl (C=S) groups is 2. The first-order valence-corrected chi connectivity index (χ1v) is 32.6. The Morgan fingerprint density at radius 1 is 0.500 bits per heavy atom. The van der Waals surface area contributed by atoms with Crippen molar-refractivity contribution in [3.63, 3.8) is 0 Å². The molecule has 4 fully saturated rings. The standard InChI is InChI=1S/C10H8N2O3.C10H6O4.C9H8N2O4.C9H11NO4.C8H8N2O7.C6H5N3O3.C5H5NO4S.C4H4N2O3.C4H4N2O2S/c13-9-6-8(10(14)15)11-12(9)7-4-2-1-3-5-7;11-8-4-9(12)7-3-5(10(13)14)1-2-6(7)8;1-5-2-7(12)11(4-8(13)14)9(15)6(5)3-10;1-3-10-6(11)4-5(2)7(8(10)12)9(13)14;11-4-1-5(12)10(3-7(15)16)8(17)9(4)2-6(13)14;1-7-4-2-5(10)9(8-4)3-6(11)12;7-3-2-10-5(11)6(3)1-4(8)9;2*7-2-1-3(8)6-4(9)5-2/h1-5H,6H2,(H,14,15);1-3H,4H2,(H,13,14);2,4H2,1H3,(H,13,14);3-4H2,1-2H3,(H,13,14);1-3H2,(H,13,14)(H,15,16);2-3H2,(H,11,12);1-2H2,(H,8,9);2*1H2,(H2,5,6,7,8,9). The first-order chi connectivity index (χ1) is 54.2. The molecule has 51 heteroatoms. The number of amidine groups is 1. The van der Waals surface area contributed by atoms with Crippen molar-refractivity contribution < 1.29 is 165 Å². The van der Waals surface area contributed by atoms with Gasteiger partial charge in [0.2, 0.25) is 47.3 Å². The fourth-order valence-corrected chi connectivity index (χ4v) is 9.71. The van der Waals surface area contributed by atoms with Gasteiger partial charge >= 0.3 is 59.8 Å². The van der Waals surface area contributed by atoms with Crippen molar-refractivity contribution in [1.29, 1.82) is 5.26 Å². The number of carboxylic acids is 8. The highest BCUT2D eigenvalue weighted by Gasteiger charge is 2.41. The Morgan fingerprint density at radius 2 is 0.974 bits per heavy atom. The third-order valence-electron chi connectivity index (χ3n) is 14.3. The van der Waals surface area contributed by atoms with Crippen LogP contribution in [0.3, 0.4) is 0 Å². The number of ketones is 2. The zero-order chi connectivity index (χ0) is 88.0. The number of hydrogen-bond acceptors (Lipinski definition) is 31. The SMILES string of the molecule is CC1=C(C#N)C(=O)N(CC(=O)O)C(=O)C1.CCN1C(=O)CC(C)=C(C(=O)O)C1=O.O=C(O)C1=NN(c2ccccc2)C(=O)C1.O=C(O)CN1C(=O)CC(=O)N(CC(=O)O)C1=O.O=C(O)CN1C(=O)COC1=S.O=C(O)c1ccc2c(c1)C(=O)CC2=O.O=C1CC(=O)NC(=O)N1.O=C1CC(=O)NC(=S)N1.[C-]#[N+]C1=NN(CC(=O)O)C(=O)C1. The van der Waals surface area contributed by atoms with Crippen LogP contribution in [0.1, 0.15) is 103 Å². The Labute approximate surface area is 657 Å². The molecule has 0 saturated carbocycles. The molecule has 9 aliphatic rings. The van der Waals surface area contributed by atoms with E-state index in [1.807, 2.05) is 16.7 Å². The summed E-state index contributed by atoms with van der Waals surface area (Å²) in [4.78, 5) is 276. The summed E-state index contributed by atoms with van der Waals surface area (Å²) in [6.07, 6.45) is -1.54. The van der Waals surface area contributed by atoms with Gasteiger partial charge in [0.15, 0.2) is 35.5 Å². The van der Waals surface area contributed by atoms with Crippen LogP contribution < -0.4 is 26.3 Å². The van der Waals surface area contributed by atoms with Crippen molar-refractivity contribution in [2.24, 2.45) is 10.2 Å². The maximum atomic E-state index is 11.5. The Balaban J connectivity index is 0.000000340. The molecule has 0 aromatic heterocycles. The molecule has 2 aromatic carbocycles. The van der Waals surface area contributed by atoms with Crippen molar-refractivity contribution >= 4 is 200 Å². The van der Waals surface area contributed by atoms with Gasteiger partial charge in [0.1, 0.15) is 62.7 Å². The molecule has 0 radical (unpaired) electrons. The summed E-state index contributed by atoms with van der Waals surface area (Å²) >= 11 is 9.05. The molecule has 12 N–H and O–H groups in total. The number of aliphatic carboxylic acids is 7. The first kappa shape index (κ1) is 94.4. The Hall–Kier alpha value is -15.8. The molecule has 0 atom stereocenters. The number of nitrogens with one attached hydrogen (secondary N) is 4. The number of anilines is 1. The number of hydrogen-bond donors (Lipinski definition) is 12. The zero-order valence-electron chi connectivity index (χ0n) is 59.7. The van der Waals surface area contributed by atoms with Gasteiger partial charge in [-0.3, -0.25) is 131 Å². The zero-order valence-corrected chi connectivity index (χ0v) is 61.3. The van der Waals surface area contributed by atoms with E-state index in [0.717, 1.165) is 19.8 Å². The maximum Gasteiger partial charge on any atom is 0.352 e. The van der Waals surface area contributed by atoms with Crippen molar-refractivity contribution in [2.45, 2.75) is 72.1 Å². The van der Waals surface area contributed by atoms with Crippen molar-refractivity contribution in [1.82, 2.24) is 50.8 Å². The van der Waals surface area contributed by atoms with E-state index in [1.54, 1.807) is 37.3 Å². The van der Waals surface area contributed by atoms with Crippen LogP contribution >= 0.6 is 24.4 Å². The molecule has 49 nitrogen and oxygen atoms in total. The van der Waals surface area contributed by atoms with Gasteiger partial charge in [0, 0.05) is 30.5 Å². The number of urea groups is 2. The van der Waals surface area contributed by atoms with Crippen LogP contribution in [0.4, 0.5) is 15.3 Å².